The number of nitrogens with zero attached hydrogens (tertiary/aromatic N) is 2. The van der Waals surface area contributed by atoms with Crippen molar-refractivity contribution >= 4 is 21.6 Å². The number of hydrogen-bond acceptors (Lipinski definition) is 5. The maximum absolute atomic E-state index is 12.7. The highest BCUT2D eigenvalue weighted by Crippen LogP contribution is 2.26. The lowest BCUT2D eigenvalue weighted by atomic mass is 9.97. The van der Waals surface area contributed by atoms with Crippen molar-refractivity contribution in [2.24, 2.45) is 5.92 Å². The Morgan fingerprint density at radius 3 is 2.79 bits per heavy atom. The normalized spacial score (nSPS) is 18.4. The highest BCUT2D eigenvalue weighted by molar-refractivity contribution is 7.88. The van der Waals surface area contributed by atoms with Crippen LogP contribution in [0.5, 0.6) is 0 Å². The summed E-state index contributed by atoms with van der Waals surface area (Å²) in [5.74, 6) is -0.379. The molecule has 0 bridgehead atoms. The molecule has 1 atom stereocenters. The third kappa shape index (κ3) is 4.51. The minimum atomic E-state index is -3.28. The van der Waals surface area contributed by atoms with Crippen molar-refractivity contribution in [3.05, 3.63) is 39.4 Å². The summed E-state index contributed by atoms with van der Waals surface area (Å²) in [7, 11) is -3.28. The molecular formula is C15H21N3O5S. The quantitative estimate of drug-likeness (QED) is 0.632. The summed E-state index contributed by atoms with van der Waals surface area (Å²) >= 11 is 0. The van der Waals surface area contributed by atoms with Crippen LogP contribution in [0.25, 0.3) is 0 Å². The van der Waals surface area contributed by atoms with Crippen molar-refractivity contribution in [2.75, 3.05) is 25.9 Å². The summed E-state index contributed by atoms with van der Waals surface area (Å²) < 4.78 is 24.9. The zero-order chi connectivity index (χ0) is 17.9. The van der Waals surface area contributed by atoms with E-state index in [4.69, 9.17) is 0 Å². The summed E-state index contributed by atoms with van der Waals surface area (Å²) in [6.07, 6.45) is 2.64. The van der Waals surface area contributed by atoms with Gasteiger partial charge in [0.05, 0.1) is 11.2 Å². The van der Waals surface area contributed by atoms with Gasteiger partial charge >= 0.3 is 0 Å². The second-order valence-corrected chi connectivity index (χ2v) is 7.94. The minimum Gasteiger partial charge on any atom is -0.338 e. The molecule has 8 nitrogen and oxygen atoms in total. The average Bonchev–Trinajstić information content (AvgIpc) is 2.51. The second kappa shape index (κ2) is 7.27. The van der Waals surface area contributed by atoms with E-state index < -0.39 is 14.9 Å². The van der Waals surface area contributed by atoms with Crippen molar-refractivity contribution in [1.29, 1.82) is 0 Å². The molecule has 0 radical (unpaired) electrons. The van der Waals surface area contributed by atoms with Gasteiger partial charge in [0.2, 0.25) is 10.0 Å². The van der Waals surface area contributed by atoms with E-state index in [1.165, 1.54) is 6.07 Å². The average molecular weight is 355 g/mol. The van der Waals surface area contributed by atoms with Crippen molar-refractivity contribution in [3.8, 4) is 0 Å². The van der Waals surface area contributed by atoms with Crippen molar-refractivity contribution in [2.45, 2.75) is 19.8 Å². The lowest BCUT2D eigenvalue weighted by Crippen LogP contribution is -2.43. The number of hydrogen-bond donors (Lipinski definition) is 1. The van der Waals surface area contributed by atoms with Crippen LogP contribution in [0.3, 0.4) is 0 Å². The Labute approximate surface area is 141 Å². The first-order valence-electron chi connectivity index (χ1n) is 7.67. The van der Waals surface area contributed by atoms with Gasteiger partial charge in [-0.25, -0.2) is 13.1 Å². The maximum Gasteiger partial charge on any atom is 0.285 e. The van der Waals surface area contributed by atoms with Crippen LogP contribution in [0, 0.1) is 23.0 Å². The molecule has 1 aromatic rings. The molecule has 1 heterocycles. The van der Waals surface area contributed by atoms with Crippen LogP contribution in [0.1, 0.15) is 28.8 Å². The van der Waals surface area contributed by atoms with E-state index in [0.717, 1.165) is 19.1 Å². The molecule has 1 aliphatic heterocycles. The summed E-state index contributed by atoms with van der Waals surface area (Å²) in [5, 5.41) is 11.3. The Morgan fingerprint density at radius 1 is 1.46 bits per heavy atom. The van der Waals surface area contributed by atoms with Gasteiger partial charge in [0.15, 0.2) is 0 Å². The highest BCUT2D eigenvalue weighted by atomic mass is 32.2. The topological polar surface area (TPSA) is 110 Å². The Kier molecular flexibility index (Phi) is 5.55. The van der Waals surface area contributed by atoms with E-state index in [0.29, 0.717) is 18.7 Å². The van der Waals surface area contributed by atoms with Gasteiger partial charge in [-0.2, -0.15) is 0 Å². The Hall–Kier alpha value is -2.00. The summed E-state index contributed by atoms with van der Waals surface area (Å²) in [6, 6.07) is 4.69. The van der Waals surface area contributed by atoms with Crippen LogP contribution in [-0.2, 0) is 10.0 Å². The molecule has 0 aromatic heterocycles. The summed E-state index contributed by atoms with van der Waals surface area (Å²) in [4.78, 5) is 25.0. The minimum absolute atomic E-state index is 0.00119. The van der Waals surface area contributed by atoms with Gasteiger partial charge in [0, 0.05) is 25.2 Å². The van der Waals surface area contributed by atoms with E-state index in [1.54, 1.807) is 24.0 Å². The second-order valence-electron chi connectivity index (χ2n) is 6.11. The molecule has 1 aliphatic rings. The van der Waals surface area contributed by atoms with Crippen LogP contribution in [0.15, 0.2) is 18.2 Å². The van der Waals surface area contributed by atoms with Gasteiger partial charge in [-0.1, -0.05) is 12.1 Å². The smallest absolute Gasteiger partial charge is 0.285 e. The SMILES string of the molecule is Cc1cccc(C(=O)N2CCC[C@@H](CNS(C)(=O)=O)C2)c1[N+](=O)[O-]. The number of aryl methyl sites for hydroxylation is 1. The van der Waals surface area contributed by atoms with Crippen LogP contribution in [0.4, 0.5) is 5.69 Å². The maximum atomic E-state index is 12.7. The lowest BCUT2D eigenvalue weighted by Gasteiger charge is -2.32. The number of carbonyl (C=O) groups excluding carboxylic acids is 1. The predicted molar refractivity (Wildman–Crippen MR) is 89.3 cm³/mol. The standard InChI is InChI=1S/C15H21N3O5S/c1-11-5-3-7-13(14(11)18(20)21)15(19)17-8-4-6-12(10-17)9-16-24(2,22)23/h3,5,7,12,16H,4,6,8-10H2,1-2H3/t12-/m0/s1. The molecule has 2 rings (SSSR count). The molecule has 1 amide bonds. The van der Waals surface area contributed by atoms with Crippen molar-refractivity contribution in [3.63, 3.8) is 0 Å². The zero-order valence-corrected chi connectivity index (χ0v) is 14.5. The molecule has 9 heteroatoms. The Morgan fingerprint density at radius 2 is 2.17 bits per heavy atom. The molecule has 132 valence electrons. The Balaban J connectivity index is 2.15. The van der Waals surface area contributed by atoms with Gasteiger partial charge in [-0.05, 0) is 31.7 Å². The zero-order valence-electron chi connectivity index (χ0n) is 13.7. The van der Waals surface area contributed by atoms with Crippen LogP contribution in [-0.4, -0.2) is 50.0 Å². The fourth-order valence-electron chi connectivity index (χ4n) is 2.93. The number of rotatable bonds is 5. The van der Waals surface area contributed by atoms with Crippen molar-refractivity contribution in [1.82, 2.24) is 9.62 Å². The van der Waals surface area contributed by atoms with Crippen LogP contribution < -0.4 is 4.72 Å². The fourth-order valence-corrected chi connectivity index (χ4v) is 3.47. The molecule has 0 spiro atoms. The molecule has 1 N–H and O–H groups in total. The fraction of sp³-hybridized carbons (Fsp3) is 0.533. The lowest BCUT2D eigenvalue weighted by molar-refractivity contribution is -0.385. The first kappa shape index (κ1) is 18.3. The van der Waals surface area contributed by atoms with E-state index >= 15 is 0 Å². The molecule has 0 saturated carbocycles. The molecule has 0 aliphatic carbocycles. The number of piperidine rings is 1. The molecule has 24 heavy (non-hydrogen) atoms. The third-order valence-corrected chi connectivity index (χ3v) is 4.78. The van der Waals surface area contributed by atoms with E-state index in [1.807, 2.05) is 0 Å². The van der Waals surface area contributed by atoms with E-state index in [2.05, 4.69) is 4.72 Å². The van der Waals surface area contributed by atoms with Crippen LogP contribution >= 0.6 is 0 Å². The van der Waals surface area contributed by atoms with Crippen molar-refractivity contribution < 1.29 is 18.1 Å². The summed E-state index contributed by atoms with van der Waals surface area (Å²) in [5.41, 5.74) is 0.355. The first-order valence-corrected chi connectivity index (χ1v) is 9.56. The van der Waals surface area contributed by atoms with Crippen LogP contribution in [0.2, 0.25) is 0 Å². The number of sulfonamides is 1. The van der Waals surface area contributed by atoms with Gasteiger partial charge in [-0.3, -0.25) is 14.9 Å². The van der Waals surface area contributed by atoms with Gasteiger partial charge < -0.3 is 4.90 Å². The number of para-hydroxylation sites is 1. The summed E-state index contributed by atoms with van der Waals surface area (Å²) in [6.45, 7) is 2.76. The molecular weight excluding hydrogens is 334 g/mol. The number of nitro benzene ring substituents is 1. The first-order chi connectivity index (χ1) is 11.2. The number of amides is 1. The largest absolute Gasteiger partial charge is 0.338 e. The number of benzene rings is 1. The molecule has 1 fully saturated rings. The van der Waals surface area contributed by atoms with Gasteiger partial charge in [-0.15, -0.1) is 0 Å². The number of nitro groups is 1. The number of likely N-dealkylation sites (tertiary alicyclic amines) is 1. The van der Waals surface area contributed by atoms with E-state index in [-0.39, 0.29) is 29.6 Å². The Bertz CT molecular complexity index is 747. The highest BCUT2D eigenvalue weighted by Gasteiger charge is 2.30. The third-order valence-electron chi connectivity index (χ3n) is 4.09. The molecule has 1 aromatic carbocycles. The van der Waals surface area contributed by atoms with E-state index in [9.17, 15) is 23.3 Å². The van der Waals surface area contributed by atoms with Gasteiger partial charge in [0.1, 0.15) is 5.56 Å². The predicted octanol–water partition coefficient (Wildman–Crippen LogP) is 1.30. The molecule has 1 saturated heterocycles. The number of nitrogens with one attached hydrogen (secondary N) is 1. The number of carbonyl (C=O) groups is 1. The van der Waals surface area contributed by atoms with Gasteiger partial charge in [0.25, 0.3) is 11.6 Å². The monoisotopic (exact) mass is 355 g/mol. The molecule has 0 unspecified atom stereocenters.